The van der Waals surface area contributed by atoms with Gasteiger partial charge in [0, 0.05) is 5.69 Å². The predicted octanol–water partition coefficient (Wildman–Crippen LogP) is 0.473. The van der Waals surface area contributed by atoms with Crippen LogP contribution < -0.4 is 20.7 Å². The van der Waals surface area contributed by atoms with Crippen LogP contribution in [0.15, 0.2) is 24.3 Å². The Morgan fingerprint density at radius 2 is 1.87 bits per heavy atom. The molecular weight excluding hydrogens is 414 g/mol. The molecule has 0 spiro atoms. The molecule has 1 heterocycles. The molecule has 0 aromatic heterocycles. The Balaban J connectivity index is 1.96. The molecule has 0 saturated carbocycles. The van der Waals surface area contributed by atoms with E-state index in [-0.39, 0.29) is 5.11 Å². The second-order valence-corrected chi connectivity index (χ2v) is 7.80. The first-order valence-corrected chi connectivity index (χ1v) is 10.0. The summed E-state index contributed by atoms with van der Waals surface area (Å²) < 4.78 is 11.1. The van der Waals surface area contributed by atoms with E-state index in [1.54, 1.807) is 24.3 Å². The van der Waals surface area contributed by atoms with Crippen molar-refractivity contribution in [3.8, 4) is 5.75 Å². The Morgan fingerprint density at radius 1 is 1.20 bits per heavy atom. The van der Waals surface area contributed by atoms with Crippen molar-refractivity contribution in [3.63, 3.8) is 0 Å². The molecule has 1 aromatic rings. The van der Waals surface area contributed by atoms with Crippen LogP contribution in [0, 0.1) is 5.92 Å². The average molecular weight is 444 g/mol. The van der Waals surface area contributed by atoms with Crippen LogP contribution in [0.5, 0.6) is 5.75 Å². The fraction of sp³-hybridized carbons (Fsp3) is 0.579. The van der Waals surface area contributed by atoms with Gasteiger partial charge >= 0.3 is 6.09 Å². The van der Waals surface area contributed by atoms with Crippen molar-refractivity contribution in [2.75, 3.05) is 18.5 Å². The van der Waals surface area contributed by atoms with Crippen LogP contribution in [0.2, 0.25) is 0 Å². The second kappa shape index (κ2) is 11.3. The molecule has 2 rings (SSSR count). The molecule has 1 aliphatic heterocycles. The van der Waals surface area contributed by atoms with Crippen molar-refractivity contribution >= 4 is 29.1 Å². The van der Waals surface area contributed by atoms with Crippen LogP contribution in [-0.2, 0) is 4.74 Å². The number of aliphatic hydroxyl groups is 3. The molecule has 1 aromatic carbocycles. The molecule has 11 heteroatoms. The third-order valence-corrected chi connectivity index (χ3v) is 4.79. The highest BCUT2D eigenvalue weighted by Crippen LogP contribution is 2.21. The van der Waals surface area contributed by atoms with Crippen LogP contribution in [-0.4, -0.2) is 75.4 Å². The molecule has 0 bridgehead atoms. The highest BCUT2D eigenvalue weighted by molar-refractivity contribution is 7.80. The normalized spacial score (nSPS) is 26.1. The monoisotopic (exact) mass is 443 g/mol. The quantitative estimate of drug-likeness (QED) is 0.282. The van der Waals surface area contributed by atoms with Gasteiger partial charge in [-0.25, -0.2) is 4.79 Å². The second-order valence-electron chi connectivity index (χ2n) is 7.39. The van der Waals surface area contributed by atoms with Gasteiger partial charge in [0.05, 0.1) is 13.2 Å². The number of hydrogen-bond donors (Lipinski definition) is 7. The number of amides is 1. The molecule has 5 atom stereocenters. The number of thiocarbonyl (C=S) groups is 1. The molecule has 10 nitrogen and oxygen atoms in total. The lowest BCUT2D eigenvalue weighted by Gasteiger charge is -2.42. The number of nitrogens with one attached hydrogen (secondary N) is 3. The summed E-state index contributed by atoms with van der Waals surface area (Å²) in [6, 6.07) is 5.90. The van der Waals surface area contributed by atoms with E-state index in [0.717, 1.165) is 12.2 Å². The molecule has 1 fully saturated rings. The molecule has 168 valence electrons. The number of carbonyl (C=O) groups is 1. The van der Waals surface area contributed by atoms with Crippen molar-refractivity contribution in [2.45, 2.75) is 50.8 Å². The van der Waals surface area contributed by atoms with Crippen LogP contribution >= 0.6 is 12.2 Å². The fourth-order valence-electron chi connectivity index (χ4n) is 2.89. The molecular formula is C19H29N3O7S. The zero-order valence-corrected chi connectivity index (χ0v) is 17.6. The Hall–Kier alpha value is -2.18. The van der Waals surface area contributed by atoms with Crippen molar-refractivity contribution < 1.29 is 34.7 Å². The van der Waals surface area contributed by atoms with E-state index < -0.39 is 43.3 Å². The van der Waals surface area contributed by atoms with E-state index in [2.05, 4.69) is 29.8 Å². The van der Waals surface area contributed by atoms with Crippen LogP contribution in [0.3, 0.4) is 0 Å². The first-order chi connectivity index (χ1) is 14.2. The first kappa shape index (κ1) is 24.1. The van der Waals surface area contributed by atoms with Gasteiger partial charge in [0.15, 0.2) is 11.3 Å². The van der Waals surface area contributed by atoms with E-state index in [1.165, 1.54) is 0 Å². The summed E-state index contributed by atoms with van der Waals surface area (Å²) in [5.74, 6) is 1.28. The number of carboxylic acid groups (broad SMARTS) is 1. The molecule has 0 aliphatic carbocycles. The van der Waals surface area contributed by atoms with Gasteiger partial charge in [0.1, 0.15) is 30.1 Å². The van der Waals surface area contributed by atoms with E-state index in [4.69, 9.17) is 26.8 Å². The molecule has 0 radical (unpaired) electrons. The van der Waals surface area contributed by atoms with Gasteiger partial charge in [-0.05, 0) is 48.8 Å². The Kier molecular flexibility index (Phi) is 9.06. The van der Waals surface area contributed by atoms with Gasteiger partial charge in [-0.2, -0.15) is 0 Å². The zero-order chi connectivity index (χ0) is 22.3. The molecule has 1 aliphatic rings. The molecule has 1 saturated heterocycles. The minimum absolute atomic E-state index is 0.103. The number of hydrogen-bond acceptors (Lipinski definition) is 7. The third-order valence-electron chi connectivity index (χ3n) is 4.57. The smallest absolute Gasteiger partial charge is 0.405 e. The van der Waals surface area contributed by atoms with Gasteiger partial charge in [-0.1, -0.05) is 13.8 Å². The highest BCUT2D eigenvalue weighted by atomic mass is 32.1. The number of benzene rings is 1. The van der Waals surface area contributed by atoms with Crippen molar-refractivity contribution in [3.05, 3.63) is 24.3 Å². The summed E-state index contributed by atoms with van der Waals surface area (Å²) >= 11 is 5.24. The summed E-state index contributed by atoms with van der Waals surface area (Å²) in [6.45, 7) is 4.31. The van der Waals surface area contributed by atoms with Gasteiger partial charge < -0.3 is 45.9 Å². The maximum Gasteiger partial charge on any atom is 0.405 e. The van der Waals surface area contributed by atoms with Gasteiger partial charge in [-0.15, -0.1) is 0 Å². The lowest BCUT2D eigenvalue weighted by Crippen LogP contribution is -2.68. The minimum Gasteiger partial charge on any atom is -0.494 e. The van der Waals surface area contributed by atoms with Crippen LogP contribution in [0.25, 0.3) is 0 Å². The zero-order valence-electron chi connectivity index (χ0n) is 16.8. The van der Waals surface area contributed by atoms with Gasteiger partial charge in [0.25, 0.3) is 0 Å². The molecule has 0 unspecified atom stereocenters. The van der Waals surface area contributed by atoms with Crippen LogP contribution in [0.1, 0.15) is 20.3 Å². The largest absolute Gasteiger partial charge is 0.494 e. The number of rotatable bonds is 8. The number of anilines is 1. The van der Waals surface area contributed by atoms with Gasteiger partial charge in [-0.3, -0.25) is 0 Å². The fourth-order valence-corrected chi connectivity index (χ4v) is 3.12. The molecule has 30 heavy (non-hydrogen) atoms. The first-order valence-electron chi connectivity index (χ1n) is 9.63. The summed E-state index contributed by atoms with van der Waals surface area (Å²) in [4.78, 5) is 11.0. The number of aliphatic hydroxyl groups excluding tert-OH is 3. The van der Waals surface area contributed by atoms with E-state index in [9.17, 15) is 20.1 Å². The van der Waals surface area contributed by atoms with Crippen molar-refractivity contribution in [1.29, 1.82) is 0 Å². The molecule has 1 amide bonds. The van der Waals surface area contributed by atoms with E-state index in [0.29, 0.717) is 18.2 Å². The summed E-state index contributed by atoms with van der Waals surface area (Å²) in [5, 5.41) is 46.4. The maximum atomic E-state index is 11.0. The topological polar surface area (TPSA) is 153 Å². The standard InChI is InChI=1S/C19H29N3O7S/c1-10(2)7-8-28-12-5-3-11(4-6-12)20-18(30)22-17-14(21-19(26)27)16(25)15(24)13(9-23)29-17/h3-6,10,13-17,21,23-25H,7-9H2,1-2H3,(H,26,27)(H2,20,22,30)/t13-,14-,15-,16-,17-/m1/s1. The third kappa shape index (κ3) is 6.96. The Labute approximate surface area is 180 Å². The summed E-state index contributed by atoms with van der Waals surface area (Å²) in [5.41, 5.74) is 0.654. The summed E-state index contributed by atoms with van der Waals surface area (Å²) in [7, 11) is 0. The highest BCUT2D eigenvalue weighted by Gasteiger charge is 2.45. The lowest BCUT2D eigenvalue weighted by atomic mass is 9.96. The summed E-state index contributed by atoms with van der Waals surface area (Å²) in [6.07, 6.45) is -5.64. The average Bonchev–Trinajstić information content (AvgIpc) is 2.68. The predicted molar refractivity (Wildman–Crippen MR) is 113 cm³/mol. The van der Waals surface area contributed by atoms with Crippen molar-refractivity contribution in [1.82, 2.24) is 10.6 Å². The SMILES string of the molecule is CC(C)CCOc1ccc(NC(=S)N[C@@H]2O[C@H](CO)[C@@H](O)[C@H](O)[C@H]2NC(=O)O)cc1. The molecule has 7 N–H and O–H groups in total. The van der Waals surface area contributed by atoms with E-state index >= 15 is 0 Å². The van der Waals surface area contributed by atoms with Gasteiger partial charge in [0.2, 0.25) is 0 Å². The minimum atomic E-state index is -1.51. The Bertz CT molecular complexity index is 704. The lowest BCUT2D eigenvalue weighted by molar-refractivity contribution is -0.196. The van der Waals surface area contributed by atoms with Crippen LogP contribution in [0.4, 0.5) is 10.5 Å². The van der Waals surface area contributed by atoms with E-state index in [1.807, 2.05) is 0 Å². The Morgan fingerprint density at radius 3 is 2.43 bits per heavy atom. The maximum absolute atomic E-state index is 11.0. The number of ether oxygens (including phenoxy) is 2. The van der Waals surface area contributed by atoms with Crippen molar-refractivity contribution in [2.24, 2.45) is 5.92 Å².